The third kappa shape index (κ3) is 6.24. The summed E-state index contributed by atoms with van der Waals surface area (Å²) in [5, 5.41) is 4.05. The van der Waals surface area contributed by atoms with E-state index in [1.807, 2.05) is 38.1 Å². The highest BCUT2D eigenvalue weighted by Gasteiger charge is 2.30. The van der Waals surface area contributed by atoms with Crippen LogP contribution < -0.4 is 5.32 Å². The van der Waals surface area contributed by atoms with Crippen molar-refractivity contribution in [1.29, 1.82) is 0 Å². The Bertz CT molecular complexity index is 925. The van der Waals surface area contributed by atoms with Crippen molar-refractivity contribution in [2.75, 3.05) is 0 Å². The Morgan fingerprint density at radius 1 is 1.10 bits per heavy atom. The summed E-state index contributed by atoms with van der Waals surface area (Å²) >= 11 is 12.2. The normalized spacial score (nSPS) is 15.0. The van der Waals surface area contributed by atoms with E-state index >= 15 is 0 Å². The van der Waals surface area contributed by atoms with Gasteiger partial charge in [-0.1, -0.05) is 73.3 Å². The van der Waals surface area contributed by atoms with Crippen molar-refractivity contribution in [1.82, 2.24) is 10.2 Å². The number of hydrogen-bond donors (Lipinski definition) is 1. The summed E-state index contributed by atoms with van der Waals surface area (Å²) in [4.78, 5) is 28.3. The van der Waals surface area contributed by atoms with Crippen molar-refractivity contribution >= 4 is 35.0 Å². The van der Waals surface area contributed by atoms with E-state index in [1.54, 1.807) is 23.1 Å². The van der Waals surface area contributed by atoms with Gasteiger partial charge in [-0.3, -0.25) is 9.59 Å². The Morgan fingerprint density at radius 3 is 2.45 bits per heavy atom. The van der Waals surface area contributed by atoms with Gasteiger partial charge in [-0.05, 0) is 55.0 Å². The Kier molecular flexibility index (Phi) is 8.39. The lowest BCUT2D eigenvalue weighted by molar-refractivity contribution is -0.141. The Morgan fingerprint density at radius 2 is 1.81 bits per heavy atom. The summed E-state index contributed by atoms with van der Waals surface area (Å²) in [7, 11) is 0. The highest BCUT2D eigenvalue weighted by molar-refractivity contribution is 6.42. The predicted molar refractivity (Wildman–Crippen MR) is 126 cm³/mol. The number of carbonyl (C=O) groups excluding carboxylic acids is 2. The molecule has 0 saturated heterocycles. The SMILES string of the molecule is CCC(C(=O)NC1CCCC1)N(Cc1ccccc1C)C(=O)Cc1ccc(Cl)c(Cl)c1. The van der Waals surface area contributed by atoms with E-state index in [0.29, 0.717) is 23.0 Å². The molecule has 2 aromatic carbocycles. The van der Waals surface area contributed by atoms with E-state index in [-0.39, 0.29) is 24.3 Å². The summed E-state index contributed by atoms with van der Waals surface area (Å²) in [5.74, 6) is -0.166. The fraction of sp³-hybridized carbons (Fsp3) is 0.440. The van der Waals surface area contributed by atoms with Crippen molar-refractivity contribution in [2.24, 2.45) is 0 Å². The minimum Gasteiger partial charge on any atom is -0.352 e. The lowest BCUT2D eigenvalue weighted by Gasteiger charge is -2.32. The second-order valence-corrected chi connectivity index (χ2v) is 9.10. The first-order valence-corrected chi connectivity index (χ1v) is 11.7. The predicted octanol–water partition coefficient (Wildman–Crippen LogP) is 5.71. The summed E-state index contributed by atoms with van der Waals surface area (Å²) in [6.45, 7) is 4.37. The third-order valence-corrected chi connectivity index (χ3v) is 6.77. The van der Waals surface area contributed by atoms with Gasteiger partial charge in [-0.15, -0.1) is 0 Å². The summed E-state index contributed by atoms with van der Waals surface area (Å²) in [5.41, 5.74) is 2.92. The van der Waals surface area contributed by atoms with Crippen molar-refractivity contribution in [2.45, 2.75) is 71.0 Å². The summed E-state index contributed by atoms with van der Waals surface area (Å²) in [6.07, 6.45) is 5.03. The molecule has 1 aliphatic rings. The molecule has 0 aromatic heterocycles. The zero-order valence-electron chi connectivity index (χ0n) is 18.2. The number of aryl methyl sites for hydroxylation is 1. The molecule has 3 rings (SSSR count). The van der Waals surface area contributed by atoms with E-state index in [9.17, 15) is 9.59 Å². The van der Waals surface area contributed by atoms with Gasteiger partial charge in [0.2, 0.25) is 11.8 Å². The molecule has 2 amide bonds. The van der Waals surface area contributed by atoms with Crippen LogP contribution in [0.25, 0.3) is 0 Å². The van der Waals surface area contributed by atoms with E-state index in [1.165, 1.54) is 0 Å². The van der Waals surface area contributed by atoms with E-state index in [2.05, 4.69) is 5.32 Å². The highest BCUT2D eigenvalue weighted by Crippen LogP contribution is 2.24. The number of hydrogen-bond acceptors (Lipinski definition) is 2. The molecule has 1 fully saturated rings. The van der Waals surface area contributed by atoms with Gasteiger partial charge in [0.15, 0.2) is 0 Å². The number of nitrogens with one attached hydrogen (secondary N) is 1. The Labute approximate surface area is 194 Å². The van der Waals surface area contributed by atoms with Gasteiger partial charge in [0.05, 0.1) is 16.5 Å². The van der Waals surface area contributed by atoms with Gasteiger partial charge in [0.1, 0.15) is 6.04 Å². The molecule has 4 nitrogen and oxygen atoms in total. The van der Waals surface area contributed by atoms with E-state index in [4.69, 9.17) is 23.2 Å². The average molecular weight is 461 g/mol. The quantitative estimate of drug-likeness (QED) is 0.548. The number of halogens is 2. The lowest BCUT2D eigenvalue weighted by atomic mass is 10.0. The number of carbonyl (C=O) groups is 2. The highest BCUT2D eigenvalue weighted by atomic mass is 35.5. The molecule has 31 heavy (non-hydrogen) atoms. The number of rotatable bonds is 8. The van der Waals surface area contributed by atoms with Crippen LogP contribution in [0.1, 0.15) is 55.7 Å². The van der Waals surface area contributed by atoms with Crippen LogP contribution in [0.5, 0.6) is 0 Å². The van der Waals surface area contributed by atoms with Crippen LogP contribution in [0.4, 0.5) is 0 Å². The summed E-state index contributed by atoms with van der Waals surface area (Å²) < 4.78 is 0. The topological polar surface area (TPSA) is 49.4 Å². The molecule has 2 aromatic rings. The molecule has 6 heteroatoms. The van der Waals surface area contributed by atoms with Crippen LogP contribution >= 0.6 is 23.2 Å². The number of nitrogens with zero attached hydrogens (tertiary/aromatic N) is 1. The van der Waals surface area contributed by atoms with Gasteiger partial charge in [-0.2, -0.15) is 0 Å². The molecule has 1 atom stereocenters. The fourth-order valence-corrected chi connectivity index (χ4v) is 4.50. The number of benzene rings is 2. The molecule has 0 aliphatic heterocycles. The monoisotopic (exact) mass is 460 g/mol. The molecule has 0 radical (unpaired) electrons. The van der Waals surface area contributed by atoms with Crippen LogP contribution in [-0.4, -0.2) is 28.8 Å². The molecule has 0 bridgehead atoms. The number of amides is 2. The molecule has 1 unspecified atom stereocenters. The van der Waals surface area contributed by atoms with Gasteiger partial charge >= 0.3 is 0 Å². The first-order valence-electron chi connectivity index (χ1n) is 11.0. The maximum Gasteiger partial charge on any atom is 0.243 e. The van der Waals surface area contributed by atoms with Gasteiger partial charge < -0.3 is 10.2 Å². The first-order chi connectivity index (χ1) is 14.9. The zero-order chi connectivity index (χ0) is 22.4. The molecule has 1 aliphatic carbocycles. The minimum absolute atomic E-state index is 0.0644. The van der Waals surface area contributed by atoms with Gasteiger partial charge in [0.25, 0.3) is 0 Å². The zero-order valence-corrected chi connectivity index (χ0v) is 19.7. The van der Waals surface area contributed by atoms with E-state index < -0.39 is 6.04 Å². The molecule has 0 heterocycles. The summed E-state index contributed by atoms with van der Waals surface area (Å²) in [6, 6.07) is 12.9. The van der Waals surface area contributed by atoms with Crippen LogP contribution in [0.15, 0.2) is 42.5 Å². The van der Waals surface area contributed by atoms with Crippen LogP contribution in [0, 0.1) is 6.92 Å². The Hall–Kier alpha value is -2.04. The van der Waals surface area contributed by atoms with E-state index in [0.717, 1.165) is 42.4 Å². The molecule has 1 N–H and O–H groups in total. The smallest absolute Gasteiger partial charge is 0.243 e. The van der Waals surface area contributed by atoms with Gasteiger partial charge in [-0.25, -0.2) is 0 Å². The first kappa shape index (κ1) is 23.6. The second kappa shape index (κ2) is 11.0. The fourth-order valence-electron chi connectivity index (χ4n) is 4.18. The largest absolute Gasteiger partial charge is 0.352 e. The third-order valence-electron chi connectivity index (χ3n) is 6.03. The average Bonchev–Trinajstić information content (AvgIpc) is 3.25. The molecule has 1 saturated carbocycles. The van der Waals surface area contributed by atoms with Crippen molar-refractivity contribution in [3.05, 3.63) is 69.2 Å². The molecule has 0 spiro atoms. The minimum atomic E-state index is -0.518. The molecular formula is C25H30Cl2N2O2. The van der Waals surface area contributed by atoms with Crippen LogP contribution in [0.2, 0.25) is 10.0 Å². The Balaban J connectivity index is 1.84. The second-order valence-electron chi connectivity index (χ2n) is 8.29. The maximum absolute atomic E-state index is 13.4. The van der Waals surface area contributed by atoms with Crippen molar-refractivity contribution < 1.29 is 9.59 Å². The van der Waals surface area contributed by atoms with Crippen LogP contribution in [0.3, 0.4) is 0 Å². The maximum atomic E-state index is 13.4. The molecule has 166 valence electrons. The van der Waals surface area contributed by atoms with Gasteiger partial charge in [0, 0.05) is 12.6 Å². The van der Waals surface area contributed by atoms with Crippen LogP contribution in [-0.2, 0) is 22.6 Å². The lowest BCUT2D eigenvalue weighted by Crippen LogP contribution is -2.51. The molecular weight excluding hydrogens is 431 g/mol. The van der Waals surface area contributed by atoms with Crippen molar-refractivity contribution in [3.8, 4) is 0 Å². The standard InChI is InChI=1S/C25H30Cl2N2O2/c1-3-23(25(31)28-20-10-6-7-11-20)29(16-19-9-5-4-8-17(19)2)24(30)15-18-12-13-21(26)22(27)14-18/h4-5,8-9,12-14,20,23H,3,6-7,10-11,15-16H2,1-2H3,(H,28,31). The van der Waals surface area contributed by atoms with Crippen molar-refractivity contribution in [3.63, 3.8) is 0 Å².